The van der Waals surface area contributed by atoms with Crippen molar-refractivity contribution in [1.29, 1.82) is 0 Å². The number of aliphatic hydroxyl groups is 1. The van der Waals surface area contributed by atoms with E-state index in [1.807, 2.05) is 18.9 Å². The molecule has 0 aromatic carbocycles. The van der Waals surface area contributed by atoms with Crippen LogP contribution in [0.1, 0.15) is 60.8 Å². The highest BCUT2D eigenvalue weighted by Crippen LogP contribution is 2.49. The molecule has 3 nitrogen and oxygen atoms in total. The highest BCUT2D eigenvalue weighted by molar-refractivity contribution is 4.99. The minimum absolute atomic E-state index is 0.351. The van der Waals surface area contributed by atoms with Crippen LogP contribution in [0.4, 0.5) is 0 Å². The van der Waals surface area contributed by atoms with Crippen LogP contribution in [0, 0.1) is 29.6 Å². The van der Waals surface area contributed by atoms with E-state index in [2.05, 4.69) is 34.6 Å². The van der Waals surface area contributed by atoms with Crippen LogP contribution in [0.5, 0.6) is 0 Å². The van der Waals surface area contributed by atoms with Crippen molar-refractivity contribution in [2.45, 2.75) is 73.1 Å². The Labute approximate surface area is 138 Å². The lowest BCUT2D eigenvalue weighted by molar-refractivity contribution is 0.0235. The first-order valence-corrected chi connectivity index (χ1v) is 9.27. The van der Waals surface area contributed by atoms with E-state index in [-0.39, 0.29) is 6.23 Å². The van der Waals surface area contributed by atoms with Gasteiger partial charge in [0.05, 0.1) is 6.10 Å². The average molecular weight is 314 g/mol. The van der Waals surface area contributed by atoms with Gasteiger partial charge in [0.1, 0.15) is 6.23 Å². The first-order chi connectivity index (χ1) is 10.3. The molecule has 1 aliphatic carbocycles. The zero-order valence-electron chi connectivity index (χ0n) is 15.9. The normalized spacial score (nSPS) is 28.9. The van der Waals surface area contributed by atoms with Crippen LogP contribution in [0.3, 0.4) is 0 Å². The van der Waals surface area contributed by atoms with Crippen molar-refractivity contribution >= 4 is 0 Å². The van der Waals surface area contributed by atoms with E-state index in [1.54, 1.807) is 0 Å². The van der Waals surface area contributed by atoms with Crippen molar-refractivity contribution in [2.75, 3.05) is 20.2 Å². The Hall–Kier alpha value is -0.120. The number of hydrogen-bond acceptors (Lipinski definition) is 3. The first-order valence-electron chi connectivity index (χ1n) is 9.27. The van der Waals surface area contributed by atoms with Gasteiger partial charge in [-0.25, -0.2) is 0 Å². The molecule has 1 unspecified atom stereocenters. The molecule has 1 fully saturated rings. The number of ether oxygens (including phenoxy) is 1. The molecule has 0 saturated heterocycles. The maximum absolute atomic E-state index is 9.60. The van der Waals surface area contributed by atoms with E-state index >= 15 is 0 Å². The van der Waals surface area contributed by atoms with Gasteiger partial charge in [-0.3, -0.25) is 4.90 Å². The van der Waals surface area contributed by atoms with Gasteiger partial charge >= 0.3 is 0 Å². The Morgan fingerprint density at radius 1 is 1.05 bits per heavy atom. The summed E-state index contributed by atoms with van der Waals surface area (Å²) in [4.78, 5) is 2.03. The molecule has 22 heavy (non-hydrogen) atoms. The largest absolute Gasteiger partial charge is 0.379 e. The van der Waals surface area contributed by atoms with Crippen molar-refractivity contribution in [1.82, 2.24) is 4.90 Å². The molecular weight excluding hydrogens is 274 g/mol. The molecule has 0 radical (unpaired) electrons. The molecule has 0 amide bonds. The van der Waals surface area contributed by atoms with E-state index < -0.39 is 0 Å². The van der Waals surface area contributed by atoms with Gasteiger partial charge in [-0.05, 0) is 63.3 Å². The molecule has 1 aliphatic rings. The number of rotatable bonds is 11. The second kappa shape index (κ2) is 9.24. The van der Waals surface area contributed by atoms with Gasteiger partial charge in [0.25, 0.3) is 0 Å². The van der Waals surface area contributed by atoms with E-state index in [4.69, 9.17) is 4.74 Å². The van der Waals surface area contributed by atoms with Crippen LogP contribution in [0.2, 0.25) is 0 Å². The maximum atomic E-state index is 9.60. The maximum Gasteiger partial charge on any atom is 0.104 e. The predicted molar refractivity (Wildman–Crippen MR) is 93.7 cm³/mol. The van der Waals surface area contributed by atoms with Crippen LogP contribution < -0.4 is 0 Å². The molecule has 0 bridgehead atoms. The molecule has 1 saturated carbocycles. The molecule has 0 heterocycles. The van der Waals surface area contributed by atoms with Crippen LogP contribution in [0.25, 0.3) is 0 Å². The third-order valence-electron chi connectivity index (χ3n) is 5.50. The second-order valence-corrected chi connectivity index (χ2v) is 7.98. The summed E-state index contributed by atoms with van der Waals surface area (Å²) in [5.41, 5.74) is 0. The zero-order chi connectivity index (χ0) is 16.9. The molecule has 1 N–H and O–H groups in total. The Balaban J connectivity index is 2.34. The summed E-state index contributed by atoms with van der Waals surface area (Å²) >= 11 is 0. The summed E-state index contributed by atoms with van der Waals surface area (Å²) in [5, 5.41) is 9.60. The van der Waals surface area contributed by atoms with Crippen LogP contribution >= 0.6 is 0 Å². The zero-order valence-corrected chi connectivity index (χ0v) is 15.9. The van der Waals surface area contributed by atoms with Gasteiger partial charge in [0.2, 0.25) is 0 Å². The Bertz CT molecular complexity index is 306. The fraction of sp³-hybridized carbons (Fsp3) is 1.00. The van der Waals surface area contributed by atoms with E-state index in [0.717, 1.165) is 30.9 Å². The molecule has 1 rings (SSSR count). The standard InChI is InChI=1S/C19H39NO2/c1-8-22-19-17(18(19)11-13(2)3)10-9-14(4)15(5)12-20(7)16(6)21/h13-19,21H,8-12H2,1-7H3/t14-,15+,16+,17-,18+,19?/m1/s1. The Morgan fingerprint density at radius 2 is 1.68 bits per heavy atom. The Kier molecular flexibility index (Phi) is 8.37. The lowest BCUT2D eigenvalue weighted by atomic mass is 9.89. The minimum Gasteiger partial charge on any atom is -0.379 e. The van der Waals surface area contributed by atoms with Gasteiger partial charge in [-0.15, -0.1) is 0 Å². The molecule has 0 aromatic heterocycles. The van der Waals surface area contributed by atoms with E-state index in [0.29, 0.717) is 17.9 Å². The van der Waals surface area contributed by atoms with Crippen molar-refractivity contribution in [3.63, 3.8) is 0 Å². The smallest absolute Gasteiger partial charge is 0.104 e. The number of nitrogens with zero attached hydrogens (tertiary/aromatic N) is 1. The molecule has 132 valence electrons. The summed E-state index contributed by atoms with van der Waals surface area (Å²) in [6, 6.07) is 0. The molecule has 6 atom stereocenters. The molecule has 0 aliphatic heterocycles. The highest BCUT2D eigenvalue weighted by atomic mass is 16.5. The number of aliphatic hydroxyl groups excluding tert-OH is 1. The molecule has 0 aromatic rings. The van der Waals surface area contributed by atoms with Gasteiger partial charge in [0, 0.05) is 13.2 Å². The Morgan fingerprint density at radius 3 is 2.18 bits per heavy atom. The molecule has 3 heteroatoms. The average Bonchev–Trinajstić information content (AvgIpc) is 3.06. The number of hydrogen-bond donors (Lipinski definition) is 1. The van der Waals surface area contributed by atoms with Crippen LogP contribution in [-0.2, 0) is 4.74 Å². The SMILES string of the molecule is CCOC1[C@@H](CC(C)C)[C@H]1CC[C@@H](C)[C@@H](C)CN(C)[C@H](C)O. The summed E-state index contributed by atoms with van der Waals surface area (Å²) in [7, 11) is 2.00. The third-order valence-corrected chi connectivity index (χ3v) is 5.50. The third kappa shape index (κ3) is 6.17. The van der Waals surface area contributed by atoms with Crippen molar-refractivity contribution in [3.8, 4) is 0 Å². The van der Waals surface area contributed by atoms with Gasteiger partial charge in [-0.2, -0.15) is 0 Å². The summed E-state index contributed by atoms with van der Waals surface area (Å²) < 4.78 is 5.93. The topological polar surface area (TPSA) is 32.7 Å². The van der Waals surface area contributed by atoms with Crippen LogP contribution in [-0.4, -0.2) is 42.5 Å². The highest BCUT2D eigenvalue weighted by Gasteiger charge is 2.50. The molecule has 0 spiro atoms. The van der Waals surface area contributed by atoms with Crippen molar-refractivity contribution in [3.05, 3.63) is 0 Å². The molecular formula is C19H39NO2. The summed E-state index contributed by atoms with van der Waals surface area (Å²) in [5.74, 6) is 3.67. The van der Waals surface area contributed by atoms with Crippen molar-refractivity contribution < 1.29 is 9.84 Å². The fourth-order valence-corrected chi connectivity index (χ4v) is 3.61. The second-order valence-electron chi connectivity index (χ2n) is 7.98. The summed E-state index contributed by atoms with van der Waals surface area (Å²) in [6.07, 6.45) is 4.05. The lowest BCUT2D eigenvalue weighted by Crippen LogP contribution is -2.34. The summed E-state index contributed by atoms with van der Waals surface area (Å²) in [6.45, 7) is 15.1. The van der Waals surface area contributed by atoms with Gasteiger partial charge in [-0.1, -0.05) is 34.1 Å². The monoisotopic (exact) mass is 313 g/mol. The first kappa shape index (κ1) is 19.9. The lowest BCUT2D eigenvalue weighted by Gasteiger charge is -2.27. The van der Waals surface area contributed by atoms with Crippen LogP contribution in [0.15, 0.2) is 0 Å². The van der Waals surface area contributed by atoms with Gasteiger partial charge in [0.15, 0.2) is 0 Å². The minimum atomic E-state index is -0.351. The van der Waals surface area contributed by atoms with Gasteiger partial charge < -0.3 is 9.84 Å². The van der Waals surface area contributed by atoms with Crippen molar-refractivity contribution in [2.24, 2.45) is 29.6 Å². The van der Waals surface area contributed by atoms with E-state index in [9.17, 15) is 5.11 Å². The quantitative estimate of drug-likeness (QED) is 0.585. The predicted octanol–water partition coefficient (Wildman–Crippen LogP) is 4.01. The fourth-order valence-electron chi connectivity index (χ4n) is 3.61. The van der Waals surface area contributed by atoms with E-state index in [1.165, 1.54) is 19.3 Å².